The van der Waals surface area contributed by atoms with Gasteiger partial charge < -0.3 is 5.32 Å². The lowest BCUT2D eigenvalue weighted by Crippen LogP contribution is -2.07. The average molecular weight is 370 g/mol. The minimum atomic E-state index is -0.475. The summed E-state index contributed by atoms with van der Waals surface area (Å²) in [6, 6.07) is 3.59. The molecule has 0 amide bonds. The highest BCUT2D eigenvalue weighted by Gasteiger charge is 2.24. The molecule has 21 heavy (non-hydrogen) atoms. The van der Waals surface area contributed by atoms with E-state index < -0.39 is 4.92 Å². The molecule has 0 saturated heterocycles. The Morgan fingerprint density at radius 3 is 2.86 bits per heavy atom. The molecule has 0 bridgehead atoms. The molecule has 0 unspecified atom stereocenters. The maximum Gasteiger partial charge on any atom is 0.343 e. The van der Waals surface area contributed by atoms with Gasteiger partial charge in [-0.2, -0.15) is 0 Å². The summed E-state index contributed by atoms with van der Waals surface area (Å²) in [5.74, 6) is 0.228. The van der Waals surface area contributed by atoms with Gasteiger partial charge in [0, 0.05) is 12.7 Å². The van der Waals surface area contributed by atoms with E-state index >= 15 is 0 Å². The molecule has 0 aliphatic rings. The molecule has 1 N–H and O–H groups in total. The molecule has 0 saturated carbocycles. The zero-order valence-electron chi connectivity index (χ0n) is 11.1. The quantitative estimate of drug-likeness (QED) is 0.472. The van der Waals surface area contributed by atoms with Gasteiger partial charge >= 0.3 is 5.69 Å². The summed E-state index contributed by atoms with van der Waals surface area (Å²) in [6.45, 7) is 2.58. The Bertz CT molecular complexity index is 655. The van der Waals surface area contributed by atoms with Crippen LogP contribution in [0.2, 0.25) is 0 Å². The van der Waals surface area contributed by atoms with Crippen LogP contribution in [0.25, 0.3) is 0 Å². The number of halogens is 1. The molecule has 7 nitrogen and oxygen atoms in total. The second-order valence-electron chi connectivity index (χ2n) is 3.95. The van der Waals surface area contributed by atoms with Gasteiger partial charge in [0.1, 0.15) is 11.4 Å². The topological polar surface area (TPSA) is 93.8 Å². The van der Waals surface area contributed by atoms with Crippen LogP contribution in [0, 0.1) is 10.1 Å². The summed E-state index contributed by atoms with van der Waals surface area (Å²) < 4.78 is 0.756. The molecule has 0 radical (unpaired) electrons. The summed E-state index contributed by atoms with van der Waals surface area (Å²) in [7, 11) is 0. The van der Waals surface area contributed by atoms with Crippen molar-refractivity contribution in [3.63, 3.8) is 0 Å². The average Bonchev–Trinajstić information content (AvgIpc) is 2.47. The van der Waals surface area contributed by atoms with E-state index in [4.69, 9.17) is 0 Å². The predicted molar refractivity (Wildman–Crippen MR) is 83.5 cm³/mol. The van der Waals surface area contributed by atoms with E-state index in [0.717, 1.165) is 22.7 Å². The lowest BCUT2D eigenvalue weighted by atomic mass is 10.4. The number of aromatic nitrogens is 3. The van der Waals surface area contributed by atoms with Crippen molar-refractivity contribution in [3.8, 4) is 0 Å². The molecule has 2 heterocycles. The van der Waals surface area contributed by atoms with Crippen molar-refractivity contribution in [3.05, 3.63) is 39.2 Å². The van der Waals surface area contributed by atoms with Crippen LogP contribution in [-0.4, -0.2) is 26.4 Å². The number of nitrogens with one attached hydrogen (secondary N) is 1. The molecular weight excluding hydrogens is 358 g/mol. The molecule has 110 valence electrons. The molecular formula is C12H12BrN5O2S. The van der Waals surface area contributed by atoms with Crippen LogP contribution in [0.5, 0.6) is 0 Å². The fraction of sp³-hybridized carbons (Fsp3) is 0.250. The molecule has 2 rings (SSSR count). The lowest BCUT2D eigenvalue weighted by molar-refractivity contribution is -0.387. The van der Waals surface area contributed by atoms with Crippen molar-refractivity contribution < 1.29 is 4.92 Å². The summed E-state index contributed by atoms with van der Waals surface area (Å²) in [5, 5.41) is 15.1. The van der Waals surface area contributed by atoms with Crippen molar-refractivity contribution in [1.29, 1.82) is 0 Å². The van der Waals surface area contributed by atoms with Crippen LogP contribution in [0.4, 0.5) is 11.5 Å². The van der Waals surface area contributed by atoms with E-state index in [0.29, 0.717) is 11.6 Å². The second-order valence-corrected chi connectivity index (χ2v) is 5.78. The maximum absolute atomic E-state index is 11.3. The van der Waals surface area contributed by atoms with Crippen LogP contribution in [0.15, 0.2) is 39.2 Å². The molecule has 0 fully saturated rings. The van der Waals surface area contributed by atoms with Crippen molar-refractivity contribution in [1.82, 2.24) is 15.0 Å². The summed E-state index contributed by atoms with van der Waals surface area (Å²) in [4.78, 5) is 23.0. The van der Waals surface area contributed by atoms with Crippen LogP contribution in [0.1, 0.15) is 13.3 Å². The molecule has 0 aromatic carbocycles. The zero-order valence-corrected chi connectivity index (χ0v) is 13.5. The predicted octanol–water partition coefficient (Wildman–Crippen LogP) is 3.52. The molecule has 0 spiro atoms. The van der Waals surface area contributed by atoms with Gasteiger partial charge in [-0.25, -0.2) is 15.0 Å². The van der Waals surface area contributed by atoms with Gasteiger partial charge in [0.15, 0.2) is 5.03 Å². The normalized spacial score (nSPS) is 10.4. The number of pyridine rings is 1. The number of nitrogens with zero attached hydrogens (tertiary/aromatic N) is 4. The number of nitro groups is 1. The number of hydrogen-bond donors (Lipinski definition) is 1. The minimum absolute atomic E-state index is 0.131. The molecule has 2 aromatic heterocycles. The van der Waals surface area contributed by atoms with Crippen LogP contribution in [0.3, 0.4) is 0 Å². The first-order chi connectivity index (χ1) is 10.1. The summed E-state index contributed by atoms with van der Waals surface area (Å²) >= 11 is 4.49. The third-order valence-corrected chi connectivity index (χ3v) is 4.34. The molecule has 0 atom stereocenters. The van der Waals surface area contributed by atoms with E-state index in [1.807, 2.05) is 13.0 Å². The van der Waals surface area contributed by atoms with Crippen LogP contribution < -0.4 is 5.32 Å². The SMILES string of the molecule is CCCNc1ncnc(Sc2ncccc2Br)c1[N+](=O)[O-]. The molecule has 0 aliphatic carbocycles. The van der Waals surface area contributed by atoms with Gasteiger partial charge in [0.2, 0.25) is 5.82 Å². The Kier molecular flexibility index (Phi) is 5.45. The van der Waals surface area contributed by atoms with E-state index in [1.165, 1.54) is 6.33 Å². The molecule has 2 aromatic rings. The molecule has 0 aliphatic heterocycles. The number of anilines is 1. The Labute approximate surface area is 133 Å². The first-order valence-electron chi connectivity index (χ1n) is 6.15. The van der Waals surface area contributed by atoms with E-state index in [9.17, 15) is 10.1 Å². The summed E-state index contributed by atoms with van der Waals surface area (Å²) in [6.07, 6.45) is 3.77. The largest absolute Gasteiger partial charge is 0.364 e. The fourth-order valence-corrected chi connectivity index (χ4v) is 2.84. The van der Waals surface area contributed by atoms with E-state index in [1.54, 1.807) is 12.3 Å². The van der Waals surface area contributed by atoms with Gasteiger partial charge in [0.25, 0.3) is 0 Å². The standard InChI is InChI=1S/C12H12BrN5O2S/c1-2-5-14-10-9(18(19)20)12(17-7-16-10)21-11-8(13)4-3-6-15-11/h3-4,6-7H,2,5H2,1H3,(H,14,16,17). The van der Waals surface area contributed by atoms with Crippen LogP contribution in [-0.2, 0) is 0 Å². The van der Waals surface area contributed by atoms with Gasteiger partial charge in [-0.15, -0.1) is 0 Å². The van der Waals surface area contributed by atoms with E-state index in [2.05, 4.69) is 36.2 Å². The summed E-state index contributed by atoms with van der Waals surface area (Å²) in [5.41, 5.74) is -0.131. The highest BCUT2D eigenvalue weighted by molar-refractivity contribution is 9.10. The van der Waals surface area contributed by atoms with Gasteiger partial charge in [0.05, 0.1) is 9.40 Å². The van der Waals surface area contributed by atoms with Crippen molar-refractivity contribution in [2.45, 2.75) is 23.4 Å². The minimum Gasteiger partial charge on any atom is -0.364 e. The number of hydrogen-bond acceptors (Lipinski definition) is 7. The Morgan fingerprint density at radius 2 is 2.19 bits per heavy atom. The smallest absolute Gasteiger partial charge is 0.343 e. The Hall–Kier alpha value is -1.74. The van der Waals surface area contributed by atoms with Crippen LogP contribution >= 0.6 is 27.7 Å². The third kappa shape index (κ3) is 3.88. The van der Waals surface area contributed by atoms with Crippen molar-refractivity contribution >= 4 is 39.2 Å². The monoisotopic (exact) mass is 369 g/mol. The Morgan fingerprint density at radius 1 is 1.38 bits per heavy atom. The highest BCUT2D eigenvalue weighted by Crippen LogP contribution is 2.38. The third-order valence-electron chi connectivity index (χ3n) is 2.43. The Balaban J connectivity index is 2.39. The highest BCUT2D eigenvalue weighted by atomic mass is 79.9. The van der Waals surface area contributed by atoms with Gasteiger partial charge in [-0.3, -0.25) is 10.1 Å². The first-order valence-corrected chi connectivity index (χ1v) is 7.76. The first kappa shape index (κ1) is 15.6. The van der Waals surface area contributed by atoms with Gasteiger partial charge in [-0.05, 0) is 46.2 Å². The fourth-order valence-electron chi connectivity index (χ4n) is 1.51. The van der Waals surface area contributed by atoms with Crippen molar-refractivity contribution in [2.24, 2.45) is 0 Å². The zero-order chi connectivity index (χ0) is 15.2. The van der Waals surface area contributed by atoms with Gasteiger partial charge in [-0.1, -0.05) is 6.92 Å². The lowest BCUT2D eigenvalue weighted by Gasteiger charge is -2.07. The number of rotatable bonds is 6. The molecule has 9 heteroatoms. The van der Waals surface area contributed by atoms with E-state index in [-0.39, 0.29) is 16.5 Å². The second kappa shape index (κ2) is 7.32. The maximum atomic E-state index is 11.3. The van der Waals surface area contributed by atoms with Crippen molar-refractivity contribution in [2.75, 3.05) is 11.9 Å².